The Balaban J connectivity index is 0.000000223. The van der Waals surface area contributed by atoms with E-state index in [0.29, 0.717) is 0 Å². The van der Waals surface area contributed by atoms with Gasteiger partial charge in [0.1, 0.15) is 0 Å². The summed E-state index contributed by atoms with van der Waals surface area (Å²) in [6, 6.07) is 0. The molecule has 1 aliphatic heterocycles. The Morgan fingerprint density at radius 1 is 1.54 bits per heavy atom. The van der Waals surface area contributed by atoms with E-state index in [0.717, 1.165) is 3.92 Å². The zero-order chi connectivity index (χ0) is 10.5. The zero-order valence-electron chi connectivity index (χ0n) is 8.43. The summed E-state index contributed by atoms with van der Waals surface area (Å²) < 4.78 is 0.905. The molecule has 1 fully saturated rings. The van der Waals surface area contributed by atoms with Crippen LogP contribution in [0, 0.1) is 5.41 Å². The minimum absolute atomic E-state index is 0.583. The first kappa shape index (κ1) is 13.2. The molecule has 1 unspecified atom stereocenters. The minimum Gasteiger partial charge on any atom is -0.481 e. The van der Waals surface area contributed by atoms with Gasteiger partial charge in [-0.1, -0.05) is 22.6 Å². The Kier molecular flexibility index (Phi) is 5.87. The normalized spacial score (nSPS) is 22.0. The van der Waals surface area contributed by atoms with Gasteiger partial charge >= 0.3 is 5.97 Å². The van der Waals surface area contributed by atoms with Gasteiger partial charge in [-0.2, -0.15) is 0 Å². The van der Waals surface area contributed by atoms with E-state index in [4.69, 9.17) is 5.11 Å². The first-order valence-electron chi connectivity index (χ1n) is 4.42. The van der Waals surface area contributed by atoms with Crippen molar-refractivity contribution in [3.8, 4) is 0 Å². The van der Waals surface area contributed by atoms with Gasteiger partial charge in [0, 0.05) is 10.5 Å². The van der Waals surface area contributed by atoms with Crippen molar-refractivity contribution in [2.24, 2.45) is 5.41 Å². The fraction of sp³-hybridized carbons (Fsp3) is 0.889. The van der Waals surface area contributed by atoms with Crippen molar-refractivity contribution in [3.05, 3.63) is 0 Å². The van der Waals surface area contributed by atoms with Gasteiger partial charge in [-0.15, -0.1) is 0 Å². The van der Waals surface area contributed by atoms with E-state index in [-0.39, 0.29) is 0 Å². The number of hydrogen-bond acceptors (Lipinski definition) is 2. The molecule has 0 saturated carbocycles. The lowest BCUT2D eigenvalue weighted by Crippen LogP contribution is -2.18. The van der Waals surface area contributed by atoms with E-state index in [2.05, 4.69) is 27.9 Å². The van der Waals surface area contributed by atoms with Crippen molar-refractivity contribution in [1.29, 1.82) is 0 Å². The second kappa shape index (κ2) is 5.80. The van der Waals surface area contributed by atoms with Crippen LogP contribution in [0.15, 0.2) is 0 Å². The Morgan fingerprint density at radius 3 is 2.08 bits per heavy atom. The molecule has 0 aliphatic carbocycles. The number of hydrogen-bond donors (Lipinski definition) is 2. The molecular weight excluding hydrogens is 281 g/mol. The third-order valence-electron chi connectivity index (χ3n) is 1.64. The average molecular weight is 299 g/mol. The van der Waals surface area contributed by atoms with Crippen LogP contribution in [0.5, 0.6) is 0 Å². The highest BCUT2D eigenvalue weighted by Crippen LogP contribution is 2.11. The summed E-state index contributed by atoms with van der Waals surface area (Å²) in [7, 11) is 0. The number of aliphatic carboxylic acids is 1. The summed E-state index contributed by atoms with van der Waals surface area (Å²) in [6.45, 7) is 7.44. The molecule has 0 radical (unpaired) electrons. The highest BCUT2D eigenvalue weighted by molar-refractivity contribution is 14.1. The SMILES string of the molecule is CC(C)(C)C(=O)O.IC1CCNC1. The van der Waals surface area contributed by atoms with Crippen molar-refractivity contribution >= 4 is 28.6 Å². The molecule has 13 heavy (non-hydrogen) atoms. The number of alkyl halides is 1. The van der Waals surface area contributed by atoms with Gasteiger partial charge in [0.2, 0.25) is 0 Å². The van der Waals surface area contributed by atoms with Crippen molar-refractivity contribution in [2.45, 2.75) is 31.1 Å². The molecule has 0 aromatic rings. The lowest BCUT2D eigenvalue weighted by Gasteiger charge is -2.08. The molecule has 0 aromatic heterocycles. The van der Waals surface area contributed by atoms with Crippen molar-refractivity contribution in [1.82, 2.24) is 5.32 Å². The predicted octanol–water partition coefficient (Wildman–Crippen LogP) is 1.90. The summed E-state index contributed by atoms with van der Waals surface area (Å²) in [5.74, 6) is -0.757. The van der Waals surface area contributed by atoms with E-state index in [1.54, 1.807) is 20.8 Å². The Labute approximate surface area is 93.4 Å². The van der Waals surface area contributed by atoms with Crippen LogP contribution in [0.4, 0.5) is 0 Å². The van der Waals surface area contributed by atoms with Crippen LogP contribution in [0.25, 0.3) is 0 Å². The second-order valence-electron chi connectivity index (χ2n) is 4.15. The number of carbonyl (C=O) groups is 1. The molecule has 0 aromatic carbocycles. The van der Waals surface area contributed by atoms with Crippen molar-refractivity contribution in [2.75, 3.05) is 13.1 Å². The molecule has 1 rings (SSSR count). The van der Waals surface area contributed by atoms with Crippen molar-refractivity contribution < 1.29 is 9.90 Å². The van der Waals surface area contributed by atoms with Gasteiger partial charge in [0.05, 0.1) is 5.41 Å². The molecule has 0 amide bonds. The highest BCUT2D eigenvalue weighted by atomic mass is 127. The van der Waals surface area contributed by atoms with E-state index >= 15 is 0 Å². The second-order valence-corrected chi connectivity index (χ2v) is 5.91. The third kappa shape index (κ3) is 7.25. The Hall–Kier alpha value is 0.160. The summed E-state index contributed by atoms with van der Waals surface area (Å²) in [5.41, 5.74) is -0.583. The highest BCUT2D eigenvalue weighted by Gasteiger charge is 2.18. The zero-order valence-corrected chi connectivity index (χ0v) is 10.6. The van der Waals surface area contributed by atoms with Crippen LogP contribution < -0.4 is 5.32 Å². The number of carboxylic acid groups (broad SMARTS) is 1. The van der Waals surface area contributed by atoms with Crippen molar-refractivity contribution in [3.63, 3.8) is 0 Å². The molecule has 1 atom stereocenters. The molecule has 0 spiro atoms. The molecule has 0 bridgehead atoms. The number of nitrogens with one attached hydrogen (secondary N) is 1. The molecule has 4 heteroatoms. The van der Waals surface area contributed by atoms with E-state index < -0.39 is 11.4 Å². The topological polar surface area (TPSA) is 49.3 Å². The van der Waals surface area contributed by atoms with Crippen LogP contribution in [-0.2, 0) is 4.79 Å². The van der Waals surface area contributed by atoms with Crippen LogP contribution in [0.2, 0.25) is 0 Å². The van der Waals surface area contributed by atoms with Gasteiger partial charge in [-0.3, -0.25) is 4.79 Å². The maximum absolute atomic E-state index is 10.0. The summed E-state index contributed by atoms with van der Waals surface area (Å²) >= 11 is 2.47. The number of halogens is 1. The van der Waals surface area contributed by atoms with E-state index in [9.17, 15) is 4.79 Å². The molecule has 1 heterocycles. The summed E-state index contributed by atoms with van der Waals surface area (Å²) in [6.07, 6.45) is 1.36. The van der Waals surface area contributed by atoms with E-state index in [1.165, 1.54) is 19.5 Å². The Morgan fingerprint density at radius 2 is 2.00 bits per heavy atom. The lowest BCUT2D eigenvalue weighted by atomic mass is 9.98. The van der Waals surface area contributed by atoms with Crippen LogP contribution in [-0.4, -0.2) is 28.1 Å². The Bertz CT molecular complexity index is 159. The van der Waals surface area contributed by atoms with Gasteiger partial charge in [-0.05, 0) is 33.7 Å². The van der Waals surface area contributed by atoms with Crippen LogP contribution >= 0.6 is 22.6 Å². The van der Waals surface area contributed by atoms with Gasteiger partial charge in [0.25, 0.3) is 0 Å². The molecule has 78 valence electrons. The maximum atomic E-state index is 10.0. The van der Waals surface area contributed by atoms with Gasteiger partial charge in [0.15, 0.2) is 0 Å². The van der Waals surface area contributed by atoms with Crippen LogP contribution in [0.3, 0.4) is 0 Å². The minimum atomic E-state index is -0.757. The average Bonchev–Trinajstić information content (AvgIpc) is 2.38. The molecule has 2 N–H and O–H groups in total. The van der Waals surface area contributed by atoms with Gasteiger partial charge in [-0.25, -0.2) is 0 Å². The fourth-order valence-corrected chi connectivity index (χ4v) is 1.24. The molecule has 1 saturated heterocycles. The fourth-order valence-electron chi connectivity index (χ4n) is 0.619. The first-order valence-corrected chi connectivity index (χ1v) is 5.67. The van der Waals surface area contributed by atoms with E-state index in [1.807, 2.05) is 0 Å². The monoisotopic (exact) mass is 299 g/mol. The maximum Gasteiger partial charge on any atom is 0.308 e. The molecular formula is C9H18INO2. The summed E-state index contributed by atoms with van der Waals surface area (Å²) in [4.78, 5) is 10.0. The van der Waals surface area contributed by atoms with Gasteiger partial charge < -0.3 is 10.4 Å². The standard InChI is InChI=1S/C5H10O2.C4H8IN/c1-5(2,3)4(6)7;5-4-1-2-6-3-4/h1-3H3,(H,6,7);4,6H,1-3H2. The quantitative estimate of drug-likeness (QED) is 0.530. The largest absolute Gasteiger partial charge is 0.481 e. The van der Waals surface area contributed by atoms with Crippen LogP contribution in [0.1, 0.15) is 27.2 Å². The molecule has 1 aliphatic rings. The molecule has 3 nitrogen and oxygen atoms in total. The first-order chi connectivity index (χ1) is 5.84. The summed E-state index contributed by atoms with van der Waals surface area (Å²) in [5, 5.41) is 11.5. The third-order valence-corrected chi connectivity index (χ3v) is 2.70. The number of carboxylic acids is 1. The number of rotatable bonds is 0. The smallest absolute Gasteiger partial charge is 0.308 e. The predicted molar refractivity (Wildman–Crippen MR) is 62.4 cm³/mol. The lowest BCUT2D eigenvalue weighted by molar-refractivity contribution is -0.145.